The van der Waals surface area contributed by atoms with Crippen molar-refractivity contribution in [3.63, 3.8) is 0 Å². The van der Waals surface area contributed by atoms with Crippen LogP contribution in [0.25, 0.3) is 0 Å². The molecular formula is C18H14F4N4O3S. The van der Waals surface area contributed by atoms with E-state index in [-0.39, 0.29) is 22.4 Å². The summed E-state index contributed by atoms with van der Waals surface area (Å²) in [4.78, 5) is 2.60. The van der Waals surface area contributed by atoms with Crippen molar-refractivity contribution in [1.29, 1.82) is 5.41 Å². The summed E-state index contributed by atoms with van der Waals surface area (Å²) in [5.74, 6) is -0.757. The molecule has 2 aliphatic heterocycles. The standard InChI is InChI=1S/C18H14F4N4O3S/c19-11-3-1-2-9-13(11)15-10(6-23)14(24)17(27)16(9)26(15)30(28,29)8-4-5-12(25-7-8)18(20,21)22/h1-7,15-17,24,27H,23H2/t15?,16?,17-/m1/s1. The summed E-state index contributed by atoms with van der Waals surface area (Å²) in [5, 5.41) is 18.7. The minimum absolute atomic E-state index is 0.0658. The summed E-state index contributed by atoms with van der Waals surface area (Å²) in [7, 11) is -4.56. The number of nitrogens with one attached hydrogen (secondary N) is 1. The molecule has 2 bridgehead atoms. The van der Waals surface area contributed by atoms with Crippen LogP contribution in [0, 0.1) is 11.2 Å². The summed E-state index contributed by atoms with van der Waals surface area (Å²) in [6, 6.07) is 2.43. The van der Waals surface area contributed by atoms with Crippen molar-refractivity contribution in [2.75, 3.05) is 0 Å². The fourth-order valence-electron chi connectivity index (χ4n) is 3.89. The number of sulfonamides is 1. The molecule has 0 spiro atoms. The van der Waals surface area contributed by atoms with Crippen LogP contribution in [-0.4, -0.2) is 34.6 Å². The number of rotatable bonds is 2. The van der Waals surface area contributed by atoms with Crippen LogP contribution in [0.3, 0.4) is 0 Å². The van der Waals surface area contributed by atoms with E-state index in [9.17, 15) is 31.1 Å². The van der Waals surface area contributed by atoms with Crippen molar-refractivity contribution < 1.29 is 31.1 Å². The van der Waals surface area contributed by atoms with E-state index in [1.807, 2.05) is 0 Å². The minimum atomic E-state index is -4.76. The number of aromatic nitrogens is 1. The van der Waals surface area contributed by atoms with Gasteiger partial charge >= 0.3 is 6.18 Å². The molecule has 2 aromatic rings. The molecule has 0 radical (unpaired) electrons. The van der Waals surface area contributed by atoms with Crippen molar-refractivity contribution >= 4 is 15.7 Å². The Morgan fingerprint density at radius 2 is 1.93 bits per heavy atom. The van der Waals surface area contributed by atoms with Crippen LogP contribution < -0.4 is 5.73 Å². The van der Waals surface area contributed by atoms with Gasteiger partial charge in [0.25, 0.3) is 0 Å². The number of halogens is 4. The molecule has 2 unspecified atom stereocenters. The fourth-order valence-corrected chi connectivity index (χ4v) is 5.59. The predicted octanol–water partition coefficient (Wildman–Crippen LogP) is 2.26. The molecule has 1 fully saturated rings. The number of aliphatic hydroxyl groups is 1. The topological polar surface area (TPSA) is 120 Å². The normalized spacial score (nSPS) is 25.6. The lowest BCUT2D eigenvalue weighted by molar-refractivity contribution is -0.141. The molecule has 4 rings (SSSR count). The Morgan fingerprint density at radius 3 is 2.50 bits per heavy atom. The average molecular weight is 442 g/mol. The van der Waals surface area contributed by atoms with E-state index >= 15 is 0 Å². The van der Waals surface area contributed by atoms with E-state index in [1.54, 1.807) is 0 Å². The van der Waals surface area contributed by atoms with Gasteiger partial charge < -0.3 is 16.2 Å². The lowest BCUT2D eigenvalue weighted by Crippen LogP contribution is -2.48. The molecule has 3 heterocycles. The maximum Gasteiger partial charge on any atom is 0.433 e. The molecule has 2 aliphatic rings. The van der Waals surface area contributed by atoms with Gasteiger partial charge in [-0.05, 0) is 23.8 Å². The molecule has 4 N–H and O–H groups in total. The zero-order chi connectivity index (χ0) is 22.0. The van der Waals surface area contributed by atoms with Crippen LogP contribution in [0.2, 0.25) is 0 Å². The average Bonchev–Trinajstić information content (AvgIpc) is 3.00. The quantitative estimate of drug-likeness (QED) is 0.617. The molecule has 0 aliphatic carbocycles. The SMILES string of the molecule is N=C1C(=CN)C2c3c(F)cccc3C([C@@H]1O)N2S(=O)(=O)c1ccc(C(F)(F)F)nc1. The third-order valence-corrected chi connectivity index (χ3v) is 7.02. The number of alkyl halides is 3. The second-order valence-electron chi connectivity index (χ2n) is 6.78. The van der Waals surface area contributed by atoms with E-state index in [2.05, 4.69) is 4.98 Å². The molecule has 158 valence electrons. The van der Waals surface area contributed by atoms with Gasteiger partial charge in [0.15, 0.2) is 0 Å². The third kappa shape index (κ3) is 2.75. The van der Waals surface area contributed by atoms with Crippen molar-refractivity contribution in [3.05, 3.63) is 70.9 Å². The van der Waals surface area contributed by atoms with Gasteiger partial charge in [-0.3, -0.25) is 4.98 Å². The van der Waals surface area contributed by atoms with Crippen LogP contribution in [0.1, 0.15) is 28.9 Å². The monoisotopic (exact) mass is 442 g/mol. The zero-order valence-corrected chi connectivity index (χ0v) is 15.7. The number of aliphatic hydroxyl groups excluding tert-OH is 1. The largest absolute Gasteiger partial charge is 0.433 e. The maximum atomic E-state index is 14.7. The van der Waals surface area contributed by atoms with Crippen molar-refractivity contribution in [2.24, 2.45) is 5.73 Å². The summed E-state index contributed by atoms with van der Waals surface area (Å²) in [5.41, 5.74) is 3.89. The van der Waals surface area contributed by atoms with Crippen LogP contribution in [0.5, 0.6) is 0 Å². The second kappa shape index (κ2) is 6.59. The van der Waals surface area contributed by atoms with Gasteiger partial charge in [-0.1, -0.05) is 12.1 Å². The molecular weight excluding hydrogens is 428 g/mol. The van der Waals surface area contributed by atoms with Gasteiger partial charge in [0.1, 0.15) is 22.5 Å². The first-order valence-electron chi connectivity index (χ1n) is 8.54. The van der Waals surface area contributed by atoms with E-state index in [0.717, 1.165) is 22.6 Å². The number of benzene rings is 1. The lowest BCUT2D eigenvalue weighted by Gasteiger charge is -2.38. The molecule has 3 atom stereocenters. The van der Waals surface area contributed by atoms with Gasteiger partial charge in [-0.25, -0.2) is 12.8 Å². The number of nitrogens with zero attached hydrogens (tertiary/aromatic N) is 2. The Bertz CT molecular complexity index is 1180. The van der Waals surface area contributed by atoms with Gasteiger partial charge in [0.2, 0.25) is 10.0 Å². The molecule has 1 saturated heterocycles. The second-order valence-corrected chi connectivity index (χ2v) is 8.63. The van der Waals surface area contributed by atoms with Crippen LogP contribution in [-0.2, 0) is 16.2 Å². The lowest BCUT2D eigenvalue weighted by atomic mass is 9.93. The Balaban J connectivity index is 1.90. The van der Waals surface area contributed by atoms with E-state index < -0.39 is 50.8 Å². The maximum absolute atomic E-state index is 14.7. The summed E-state index contributed by atoms with van der Waals surface area (Å²) in [6.07, 6.45) is -4.94. The molecule has 1 aromatic carbocycles. The molecule has 0 amide bonds. The van der Waals surface area contributed by atoms with Gasteiger partial charge in [-0.2, -0.15) is 17.5 Å². The van der Waals surface area contributed by atoms with E-state index in [1.165, 1.54) is 12.1 Å². The molecule has 12 heteroatoms. The Morgan fingerprint density at radius 1 is 1.23 bits per heavy atom. The van der Waals surface area contributed by atoms with Crippen LogP contribution in [0.4, 0.5) is 17.6 Å². The van der Waals surface area contributed by atoms with Crippen molar-refractivity contribution in [1.82, 2.24) is 9.29 Å². The highest BCUT2D eigenvalue weighted by molar-refractivity contribution is 7.89. The Labute approximate surface area is 168 Å². The van der Waals surface area contributed by atoms with E-state index in [0.29, 0.717) is 12.3 Å². The first-order valence-corrected chi connectivity index (χ1v) is 9.98. The number of nitrogens with two attached hydrogens (primary N) is 1. The van der Waals surface area contributed by atoms with Gasteiger partial charge in [-0.15, -0.1) is 0 Å². The van der Waals surface area contributed by atoms with Gasteiger partial charge in [0, 0.05) is 23.5 Å². The third-order valence-electron chi connectivity index (χ3n) is 5.19. The Hall–Kier alpha value is -2.83. The number of hydrogen-bond donors (Lipinski definition) is 3. The van der Waals surface area contributed by atoms with Gasteiger partial charge in [0.05, 0.1) is 17.8 Å². The highest BCUT2D eigenvalue weighted by Crippen LogP contribution is 2.54. The minimum Gasteiger partial charge on any atom is -0.404 e. The number of fused-ring (bicyclic) bond motifs is 5. The fraction of sp³-hybridized carbons (Fsp3) is 0.222. The Kier molecular flexibility index (Phi) is 4.49. The summed E-state index contributed by atoms with van der Waals surface area (Å²) in [6.45, 7) is 0. The highest BCUT2D eigenvalue weighted by Gasteiger charge is 2.56. The van der Waals surface area contributed by atoms with Crippen molar-refractivity contribution in [3.8, 4) is 0 Å². The smallest absolute Gasteiger partial charge is 0.404 e. The van der Waals surface area contributed by atoms with Crippen LogP contribution in [0.15, 0.2) is 53.2 Å². The van der Waals surface area contributed by atoms with Crippen LogP contribution >= 0.6 is 0 Å². The number of pyridine rings is 1. The summed E-state index contributed by atoms with van der Waals surface area (Å²) < 4.78 is 80.4. The number of hydrogen-bond acceptors (Lipinski definition) is 6. The predicted molar refractivity (Wildman–Crippen MR) is 96.1 cm³/mol. The molecule has 1 aromatic heterocycles. The molecule has 7 nitrogen and oxygen atoms in total. The summed E-state index contributed by atoms with van der Waals surface area (Å²) >= 11 is 0. The molecule has 0 saturated carbocycles. The first kappa shape index (κ1) is 20.4. The number of piperidine rings is 1. The van der Waals surface area contributed by atoms with Crippen molar-refractivity contribution in [2.45, 2.75) is 29.3 Å². The van der Waals surface area contributed by atoms with E-state index in [4.69, 9.17) is 11.1 Å². The zero-order valence-electron chi connectivity index (χ0n) is 14.9. The highest BCUT2D eigenvalue weighted by atomic mass is 32.2. The first-order chi connectivity index (χ1) is 14.0. The molecule has 30 heavy (non-hydrogen) atoms.